The van der Waals surface area contributed by atoms with E-state index in [-0.39, 0.29) is 0 Å². The van der Waals surface area contributed by atoms with E-state index in [0.29, 0.717) is 37.7 Å². The van der Waals surface area contributed by atoms with Gasteiger partial charge in [-0.1, -0.05) is 36.0 Å². The molecule has 1 aliphatic heterocycles. The summed E-state index contributed by atoms with van der Waals surface area (Å²) in [5.41, 5.74) is 2.50. The van der Waals surface area contributed by atoms with Crippen molar-refractivity contribution in [1.82, 2.24) is 24.5 Å². The molecule has 12 heteroatoms. The molecule has 1 N–H and O–H groups in total. The van der Waals surface area contributed by atoms with Crippen LogP contribution in [-0.4, -0.2) is 72.4 Å². The molecule has 10 nitrogen and oxygen atoms in total. The second kappa shape index (κ2) is 10.9. The van der Waals surface area contributed by atoms with Gasteiger partial charge in [0.15, 0.2) is 11.6 Å². The predicted octanol–water partition coefficient (Wildman–Crippen LogP) is 4.56. The van der Waals surface area contributed by atoms with Crippen LogP contribution in [0.15, 0.2) is 82.8 Å². The summed E-state index contributed by atoms with van der Waals surface area (Å²) >= 11 is 1.62. The van der Waals surface area contributed by atoms with Crippen LogP contribution in [0.25, 0.3) is 21.8 Å². The molecule has 5 aromatic rings. The molecule has 0 atom stereocenters. The summed E-state index contributed by atoms with van der Waals surface area (Å²) in [5, 5.41) is 14.4. The van der Waals surface area contributed by atoms with E-state index in [1.807, 2.05) is 60.7 Å². The second-order valence-corrected chi connectivity index (χ2v) is 12.5. The number of hydrogen-bond donors (Lipinski definition) is 1. The molecule has 40 heavy (non-hydrogen) atoms. The van der Waals surface area contributed by atoms with Crippen LogP contribution in [-0.2, 0) is 10.0 Å². The lowest BCUT2D eigenvalue weighted by Gasteiger charge is -2.34. The number of rotatable bonds is 7. The van der Waals surface area contributed by atoms with Crippen LogP contribution in [0.5, 0.6) is 5.75 Å². The Morgan fingerprint density at radius 1 is 0.925 bits per heavy atom. The van der Waals surface area contributed by atoms with E-state index in [1.54, 1.807) is 31.3 Å². The highest BCUT2D eigenvalue weighted by molar-refractivity contribution is 7.99. The number of ether oxygens (including phenoxy) is 1. The van der Waals surface area contributed by atoms with Crippen molar-refractivity contribution in [3.8, 4) is 5.75 Å². The molecule has 0 bridgehead atoms. The SMILES string of the molecule is COc1cnc2c(Sc3ccc(Nc4nnc(N5CCN(S(C)(=O)=O)CC5)c5ccccc45)cc3)ccnc2c1. The third-order valence-electron chi connectivity index (χ3n) is 6.77. The van der Waals surface area contributed by atoms with E-state index in [2.05, 4.69) is 30.4 Å². The standard InChI is InChI=1S/C28H27N7O3S2/c1-38-20-17-24-26(30-18-20)25(11-12-29-24)39-21-9-7-19(8-10-21)31-27-22-5-3-4-6-23(22)28(33-32-27)34-13-15-35(16-14-34)40(2,36)37/h3-12,17-18H,13-16H2,1-2H3,(H,31,32). The van der Waals surface area contributed by atoms with Crippen LogP contribution in [0.4, 0.5) is 17.3 Å². The fraction of sp³-hybridized carbons (Fsp3) is 0.214. The van der Waals surface area contributed by atoms with Crippen molar-refractivity contribution in [2.75, 3.05) is 49.8 Å². The number of piperazine rings is 1. The molecule has 204 valence electrons. The van der Waals surface area contributed by atoms with Gasteiger partial charge >= 0.3 is 0 Å². The summed E-state index contributed by atoms with van der Waals surface area (Å²) < 4.78 is 30.6. The summed E-state index contributed by atoms with van der Waals surface area (Å²) in [4.78, 5) is 13.1. The van der Waals surface area contributed by atoms with Crippen LogP contribution in [0.1, 0.15) is 0 Å². The van der Waals surface area contributed by atoms with Gasteiger partial charge in [-0.3, -0.25) is 4.98 Å². The number of anilines is 3. The molecule has 2 aromatic carbocycles. The van der Waals surface area contributed by atoms with E-state index in [9.17, 15) is 8.42 Å². The Morgan fingerprint density at radius 2 is 1.68 bits per heavy atom. The van der Waals surface area contributed by atoms with Crippen LogP contribution < -0.4 is 15.0 Å². The smallest absolute Gasteiger partial charge is 0.211 e. The van der Waals surface area contributed by atoms with Gasteiger partial charge in [0.25, 0.3) is 0 Å². The lowest BCUT2D eigenvalue weighted by Crippen LogP contribution is -2.48. The molecule has 0 radical (unpaired) electrons. The number of nitrogens with zero attached hydrogens (tertiary/aromatic N) is 6. The van der Waals surface area contributed by atoms with Crippen molar-refractivity contribution in [1.29, 1.82) is 0 Å². The molecule has 6 rings (SSSR count). The Bertz CT molecular complexity index is 1790. The summed E-state index contributed by atoms with van der Waals surface area (Å²) in [6.45, 7) is 1.98. The minimum atomic E-state index is -3.20. The Balaban J connectivity index is 1.20. The summed E-state index contributed by atoms with van der Waals surface area (Å²) in [5.74, 6) is 2.10. The first-order chi connectivity index (χ1) is 19.4. The molecule has 0 unspecified atom stereocenters. The molecule has 1 saturated heterocycles. The number of methoxy groups -OCH3 is 1. The van der Waals surface area contributed by atoms with Crippen LogP contribution in [0, 0.1) is 0 Å². The maximum absolute atomic E-state index is 11.9. The van der Waals surface area contributed by atoms with E-state index in [0.717, 1.165) is 43.1 Å². The van der Waals surface area contributed by atoms with Crippen molar-refractivity contribution >= 4 is 60.9 Å². The number of nitrogens with one attached hydrogen (secondary N) is 1. The normalized spacial score (nSPS) is 14.5. The van der Waals surface area contributed by atoms with Gasteiger partial charge in [-0.25, -0.2) is 13.4 Å². The van der Waals surface area contributed by atoms with E-state index in [1.165, 1.54) is 10.6 Å². The largest absolute Gasteiger partial charge is 0.495 e. The zero-order chi connectivity index (χ0) is 27.7. The first-order valence-corrected chi connectivity index (χ1v) is 15.3. The number of pyridine rings is 2. The highest BCUT2D eigenvalue weighted by atomic mass is 32.2. The van der Waals surface area contributed by atoms with Gasteiger partial charge in [0.2, 0.25) is 10.0 Å². The van der Waals surface area contributed by atoms with Gasteiger partial charge in [-0.15, -0.1) is 10.2 Å². The summed E-state index contributed by atoms with van der Waals surface area (Å²) in [6, 6.07) is 20.0. The molecule has 1 fully saturated rings. The number of sulfonamides is 1. The molecule has 4 heterocycles. The van der Waals surface area contributed by atoms with E-state index < -0.39 is 10.0 Å². The van der Waals surface area contributed by atoms with Crippen molar-refractivity contribution in [3.63, 3.8) is 0 Å². The highest BCUT2D eigenvalue weighted by Crippen LogP contribution is 2.35. The van der Waals surface area contributed by atoms with Crippen molar-refractivity contribution < 1.29 is 13.2 Å². The van der Waals surface area contributed by atoms with Crippen molar-refractivity contribution in [2.45, 2.75) is 9.79 Å². The van der Waals surface area contributed by atoms with Crippen LogP contribution in [0.3, 0.4) is 0 Å². The van der Waals surface area contributed by atoms with E-state index >= 15 is 0 Å². The molecular formula is C28H27N7O3S2. The molecule has 3 aromatic heterocycles. The Kier molecular flexibility index (Phi) is 7.13. The lowest BCUT2D eigenvalue weighted by atomic mass is 10.1. The van der Waals surface area contributed by atoms with Gasteiger partial charge in [0.05, 0.1) is 25.1 Å². The third kappa shape index (κ3) is 5.37. The summed E-state index contributed by atoms with van der Waals surface area (Å²) in [6.07, 6.45) is 4.73. The number of benzene rings is 2. The lowest BCUT2D eigenvalue weighted by molar-refractivity contribution is 0.387. The molecule has 0 amide bonds. The van der Waals surface area contributed by atoms with Crippen molar-refractivity contribution in [2.24, 2.45) is 0 Å². The molecule has 1 aliphatic rings. The van der Waals surface area contributed by atoms with Gasteiger partial charge in [-0.2, -0.15) is 4.31 Å². The Hall–Kier alpha value is -4.00. The maximum atomic E-state index is 11.9. The van der Waals surface area contributed by atoms with Gasteiger partial charge in [0.1, 0.15) is 11.3 Å². The predicted molar refractivity (Wildman–Crippen MR) is 158 cm³/mol. The monoisotopic (exact) mass is 573 g/mol. The molecule has 0 saturated carbocycles. The average Bonchev–Trinajstić information content (AvgIpc) is 2.98. The minimum absolute atomic E-state index is 0.429. The van der Waals surface area contributed by atoms with Crippen LogP contribution >= 0.6 is 11.8 Å². The number of hydrogen-bond acceptors (Lipinski definition) is 10. The summed E-state index contributed by atoms with van der Waals surface area (Å²) in [7, 11) is -1.58. The zero-order valence-electron chi connectivity index (χ0n) is 22.0. The minimum Gasteiger partial charge on any atom is -0.495 e. The van der Waals surface area contributed by atoms with Gasteiger partial charge in [0, 0.05) is 64.7 Å². The molecule has 0 aliphatic carbocycles. The topological polar surface area (TPSA) is 113 Å². The number of aromatic nitrogens is 4. The van der Waals surface area contributed by atoms with Gasteiger partial charge in [-0.05, 0) is 30.3 Å². The highest BCUT2D eigenvalue weighted by Gasteiger charge is 2.25. The zero-order valence-corrected chi connectivity index (χ0v) is 23.6. The fourth-order valence-electron chi connectivity index (χ4n) is 4.70. The second-order valence-electron chi connectivity index (χ2n) is 9.37. The fourth-order valence-corrected chi connectivity index (χ4v) is 6.43. The third-order valence-corrected chi connectivity index (χ3v) is 9.13. The Morgan fingerprint density at radius 3 is 2.40 bits per heavy atom. The molecule has 0 spiro atoms. The molecular weight excluding hydrogens is 546 g/mol. The Labute approximate surface area is 236 Å². The van der Waals surface area contributed by atoms with Crippen molar-refractivity contribution in [3.05, 3.63) is 73.1 Å². The first-order valence-electron chi connectivity index (χ1n) is 12.7. The first kappa shape index (κ1) is 26.2. The number of fused-ring (bicyclic) bond motifs is 2. The van der Waals surface area contributed by atoms with E-state index in [4.69, 9.17) is 4.74 Å². The quantitative estimate of drug-likeness (QED) is 0.297. The average molecular weight is 574 g/mol. The van der Waals surface area contributed by atoms with Gasteiger partial charge < -0.3 is 15.0 Å². The maximum Gasteiger partial charge on any atom is 0.211 e. The van der Waals surface area contributed by atoms with Crippen LogP contribution in [0.2, 0.25) is 0 Å².